The van der Waals surface area contributed by atoms with Crippen LogP contribution in [0.25, 0.3) is 0 Å². The number of anilines is 1. The average molecular weight is 561 g/mol. The van der Waals surface area contributed by atoms with Gasteiger partial charge in [0, 0.05) is 30.9 Å². The molecule has 0 aliphatic carbocycles. The fraction of sp³-hybridized carbons (Fsp3) is 0.433. The molecule has 2 aromatic carbocycles. The molecule has 2 aromatic rings. The molecule has 0 aliphatic heterocycles. The highest BCUT2D eigenvalue weighted by atomic mass is 35.5. The zero-order valence-electron chi connectivity index (χ0n) is 24.0. The van der Waals surface area contributed by atoms with Crippen molar-refractivity contribution in [3.05, 3.63) is 77.8 Å². The number of amides is 2. The van der Waals surface area contributed by atoms with Crippen LogP contribution in [-0.2, 0) is 9.59 Å². The topological polar surface area (TPSA) is 105 Å². The van der Waals surface area contributed by atoms with Gasteiger partial charge in [-0.05, 0) is 63.1 Å². The highest BCUT2D eigenvalue weighted by Gasteiger charge is 2.33. The number of carbonyl (C=O) groups excluding carboxylic acids is 2. The number of aliphatic hydroxyl groups is 2. The highest BCUT2D eigenvalue weighted by Crippen LogP contribution is 2.20. The molecule has 0 saturated heterocycles. The van der Waals surface area contributed by atoms with Crippen LogP contribution in [0.15, 0.2) is 72.4 Å². The number of benzene rings is 2. The van der Waals surface area contributed by atoms with Gasteiger partial charge in [0.15, 0.2) is 12.2 Å². The Labute approximate surface area is 239 Å². The van der Waals surface area contributed by atoms with Crippen LogP contribution < -0.4 is 10.3 Å². The molecule has 3 atom stereocenters. The number of hydrogen-bond donors (Lipinski definition) is 3. The molecule has 3 N–H and O–H groups in total. The summed E-state index contributed by atoms with van der Waals surface area (Å²) in [6, 6.07) is 16.5. The standard InChI is InChI=1S/C22H34N4O4.C6H5Cl.C2H6/c1-6-14-23-26(9-4)18-12-10-17(11-13-18)16(5)24-21(29)19(27)20(28)22(30)25(8-3)15-7-2;7-6-4-2-1-3-5-6;1-2/h6,10-14,16,19-20,27-28H,1,7-9,15H2,2-5H3,(H,24,29);1-5H;1-2H3/b23-14-;;. The molecular weight excluding hydrogens is 516 g/mol. The molecule has 0 heterocycles. The minimum Gasteiger partial charge on any atom is -0.380 e. The van der Waals surface area contributed by atoms with Gasteiger partial charge in [0.2, 0.25) is 0 Å². The molecule has 0 aliphatic rings. The van der Waals surface area contributed by atoms with Crippen LogP contribution in [0.3, 0.4) is 0 Å². The predicted molar refractivity (Wildman–Crippen MR) is 162 cm³/mol. The number of halogens is 1. The van der Waals surface area contributed by atoms with Crippen molar-refractivity contribution < 1.29 is 19.8 Å². The summed E-state index contributed by atoms with van der Waals surface area (Å²) in [6.45, 7) is 16.6. The summed E-state index contributed by atoms with van der Waals surface area (Å²) in [7, 11) is 0. The van der Waals surface area contributed by atoms with Gasteiger partial charge in [-0.2, -0.15) is 5.10 Å². The lowest BCUT2D eigenvalue weighted by Crippen LogP contribution is -2.51. The molecule has 3 unspecified atom stereocenters. The number of allylic oxidation sites excluding steroid dienone is 1. The number of nitrogens with one attached hydrogen (secondary N) is 1. The Morgan fingerprint density at radius 3 is 2.03 bits per heavy atom. The van der Waals surface area contributed by atoms with Crippen molar-refractivity contribution in [2.75, 3.05) is 24.6 Å². The Balaban J connectivity index is 0.00000136. The molecule has 0 saturated carbocycles. The van der Waals surface area contributed by atoms with E-state index in [1.807, 2.05) is 82.3 Å². The number of hydrazone groups is 1. The van der Waals surface area contributed by atoms with Crippen molar-refractivity contribution in [1.82, 2.24) is 10.2 Å². The Morgan fingerprint density at radius 1 is 1.00 bits per heavy atom. The monoisotopic (exact) mass is 560 g/mol. The van der Waals surface area contributed by atoms with E-state index in [-0.39, 0.29) is 0 Å². The van der Waals surface area contributed by atoms with E-state index in [2.05, 4.69) is 17.0 Å². The third-order valence-corrected chi connectivity index (χ3v) is 5.65. The van der Waals surface area contributed by atoms with Gasteiger partial charge in [0.25, 0.3) is 11.8 Å². The van der Waals surface area contributed by atoms with E-state index in [9.17, 15) is 19.8 Å². The summed E-state index contributed by atoms with van der Waals surface area (Å²) in [5.74, 6) is -1.45. The van der Waals surface area contributed by atoms with Gasteiger partial charge < -0.3 is 20.4 Å². The van der Waals surface area contributed by atoms with Gasteiger partial charge in [-0.3, -0.25) is 14.6 Å². The van der Waals surface area contributed by atoms with Crippen LogP contribution in [0.5, 0.6) is 0 Å². The number of aliphatic hydroxyl groups excluding tert-OH is 2. The van der Waals surface area contributed by atoms with Crippen molar-refractivity contribution in [3.8, 4) is 0 Å². The van der Waals surface area contributed by atoms with E-state index >= 15 is 0 Å². The number of rotatable bonds is 12. The van der Waals surface area contributed by atoms with E-state index < -0.39 is 30.1 Å². The molecular formula is C30H45ClN4O4. The third-order valence-electron chi connectivity index (χ3n) is 5.40. The second-order valence-electron chi connectivity index (χ2n) is 8.14. The molecule has 0 aromatic heterocycles. The first-order chi connectivity index (χ1) is 18.7. The largest absolute Gasteiger partial charge is 0.380 e. The lowest BCUT2D eigenvalue weighted by molar-refractivity contribution is -0.153. The Morgan fingerprint density at radius 2 is 1.59 bits per heavy atom. The summed E-state index contributed by atoms with van der Waals surface area (Å²) in [5, 5.41) is 29.8. The molecule has 9 heteroatoms. The van der Waals surface area contributed by atoms with Crippen LogP contribution in [0.2, 0.25) is 5.02 Å². The molecule has 0 spiro atoms. The van der Waals surface area contributed by atoms with Crippen LogP contribution in [0.4, 0.5) is 5.69 Å². The third kappa shape index (κ3) is 12.9. The molecule has 39 heavy (non-hydrogen) atoms. The van der Waals surface area contributed by atoms with Crippen molar-refractivity contribution >= 4 is 35.3 Å². The number of carbonyl (C=O) groups is 2. The fourth-order valence-corrected chi connectivity index (χ4v) is 3.50. The van der Waals surface area contributed by atoms with Crippen LogP contribution in [-0.4, -0.2) is 65.0 Å². The summed E-state index contributed by atoms with van der Waals surface area (Å²) in [4.78, 5) is 26.1. The zero-order valence-corrected chi connectivity index (χ0v) is 24.8. The van der Waals surface area contributed by atoms with Gasteiger partial charge in [0.05, 0.1) is 11.7 Å². The molecule has 2 amide bonds. The van der Waals surface area contributed by atoms with Crippen molar-refractivity contribution in [1.29, 1.82) is 0 Å². The van der Waals surface area contributed by atoms with Crippen molar-refractivity contribution in [2.45, 2.75) is 66.2 Å². The predicted octanol–water partition coefficient (Wildman–Crippen LogP) is 5.21. The van der Waals surface area contributed by atoms with E-state index in [4.69, 9.17) is 11.6 Å². The van der Waals surface area contributed by atoms with Gasteiger partial charge in [0.1, 0.15) is 0 Å². The SMILES string of the molecule is C=C/C=N\N(CC)c1ccc(C(C)NC(=O)C(O)C(O)C(=O)N(CC)CCC)cc1.CC.Clc1ccccc1. The fourth-order valence-electron chi connectivity index (χ4n) is 3.35. The minimum atomic E-state index is -1.84. The average Bonchev–Trinajstić information content (AvgIpc) is 2.97. The lowest BCUT2D eigenvalue weighted by Gasteiger charge is -2.26. The minimum absolute atomic E-state index is 0.395. The molecule has 0 bridgehead atoms. The first-order valence-corrected chi connectivity index (χ1v) is 13.8. The summed E-state index contributed by atoms with van der Waals surface area (Å²) in [6.07, 6.45) is 0.284. The van der Waals surface area contributed by atoms with Gasteiger partial charge in [-0.15, -0.1) is 0 Å². The van der Waals surface area contributed by atoms with E-state index in [0.29, 0.717) is 19.6 Å². The summed E-state index contributed by atoms with van der Waals surface area (Å²) >= 11 is 5.54. The Kier molecular flexibility index (Phi) is 19.0. The first-order valence-electron chi connectivity index (χ1n) is 13.4. The van der Waals surface area contributed by atoms with Gasteiger partial charge in [-0.25, -0.2) is 0 Å². The number of nitrogens with zero attached hydrogens (tertiary/aromatic N) is 3. The Bertz CT molecular complexity index is 986. The lowest BCUT2D eigenvalue weighted by atomic mass is 10.1. The quantitative estimate of drug-likeness (QED) is 0.244. The maximum Gasteiger partial charge on any atom is 0.254 e. The van der Waals surface area contributed by atoms with Crippen LogP contribution >= 0.6 is 11.6 Å². The number of likely N-dealkylation sites (N-methyl/N-ethyl adjacent to an activating group) is 1. The summed E-state index contributed by atoms with van der Waals surface area (Å²) in [5.41, 5.74) is 1.69. The van der Waals surface area contributed by atoms with Crippen molar-refractivity contribution in [3.63, 3.8) is 0 Å². The maximum atomic E-state index is 12.4. The van der Waals surface area contributed by atoms with Crippen LogP contribution in [0.1, 0.15) is 59.6 Å². The second-order valence-corrected chi connectivity index (χ2v) is 8.58. The van der Waals surface area contributed by atoms with E-state index in [1.54, 1.807) is 31.1 Å². The van der Waals surface area contributed by atoms with E-state index in [0.717, 1.165) is 22.7 Å². The van der Waals surface area contributed by atoms with Crippen LogP contribution in [0, 0.1) is 0 Å². The van der Waals surface area contributed by atoms with E-state index in [1.165, 1.54) is 4.90 Å². The summed E-state index contributed by atoms with van der Waals surface area (Å²) < 4.78 is 0. The van der Waals surface area contributed by atoms with Gasteiger partial charge >= 0.3 is 0 Å². The Hall–Kier alpha value is -3.20. The molecule has 8 nitrogen and oxygen atoms in total. The molecule has 0 fully saturated rings. The first kappa shape index (κ1) is 35.8. The number of hydrogen-bond acceptors (Lipinski definition) is 6. The second kappa shape index (κ2) is 20.7. The zero-order chi connectivity index (χ0) is 29.8. The molecule has 0 radical (unpaired) electrons. The maximum absolute atomic E-state index is 12.4. The van der Waals surface area contributed by atoms with Gasteiger partial charge in [-0.1, -0.05) is 69.3 Å². The molecule has 2 rings (SSSR count). The van der Waals surface area contributed by atoms with Crippen molar-refractivity contribution in [2.24, 2.45) is 5.10 Å². The molecule has 216 valence electrons. The highest BCUT2D eigenvalue weighted by molar-refractivity contribution is 6.30. The smallest absolute Gasteiger partial charge is 0.254 e. The normalized spacial score (nSPS) is 12.5.